The first-order valence-corrected chi connectivity index (χ1v) is 35.5. The normalized spacial score (nSPS) is 16.0. The maximum absolute atomic E-state index is 10.4. The zero-order chi connectivity index (χ0) is 52.1. The standard InChI is InChI=1S/6C8H19O2P.Mo/c6*1-3-5-6-8(4-2)7-11(9)10;/h6*8,11H,3-7H2,1-2H3,(H,9,10);/q;;;;;;+6/p-6. The molecule has 12 unspecified atom stereocenters. The van der Waals surface area contributed by atoms with Crippen molar-refractivity contribution in [3.63, 3.8) is 0 Å². The summed E-state index contributed by atoms with van der Waals surface area (Å²) in [7, 11) is -14.9. The van der Waals surface area contributed by atoms with E-state index in [9.17, 15) is 56.8 Å². The summed E-state index contributed by atoms with van der Waals surface area (Å²) in [5.41, 5.74) is 0. The van der Waals surface area contributed by atoms with Gasteiger partial charge in [-0.05, 0) is 72.5 Å². The van der Waals surface area contributed by atoms with Crippen molar-refractivity contribution >= 4 is 48.2 Å². The molecular formula is C48H108MoO12P6. The Morgan fingerprint density at radius 2 is 0.358 bits per heavy atom. The third kappa shape index (κ3) is 76.9. The summed E-state index contributed by atoms with van der Waals surface area (Å²) < 4.78 is 62.4. The van der Waals surface area contributed by atoms with E-state index in [2.05, 4.69) is 83.1 Å². The van der Waals surface area contributed by atoms with Gasteiger partial charge in [-0.3, -0.25) is 0 Å². The van der Waals surface area contributed by atoms with Crippen LogP contribution in [0.5, 0.6) is 0 Å². The molecule has 0 aromatic heterocycles. The van der Waals surface area contributed by atoms with Gasteiger partial charge in [0.15, 0.2) is 0 Å². The van der Waals surface area contributed by atoms with E-state index in [1.54, 1.807) is 0 Å². The van der Waals surface area contributed by atoms with Crippen LogP contribution in [0.4, 0.5) is 0 Å². The van der Waals surface area contributed by atoms with Gasteiger partial charge in [0.2, 0.25) is 0 Å². The largest absolute Gasteiger partial charge is 6.00 e. The molecular weight excluding hydrogens is 1050 g/mol. The average molecular weight is 1160 g/mol. The Balaban J connectivity index is -0.000000129. The quantitative estimate of drug-likeness (QED) is 0.0420. The fraction of sp³-hybridized carbons (Fsp3) is 1.00. The van der Waals surface area contributed by atoms with Crippen LogP contribution in [0.1, 0.15) is 237 Å². The van der Waals surface area contributed by atoms with Crippen LogP contribution in [0.25, 0.3) is 0 Å². The Kier molecular flexibility index (Phi) is 81.4. The molecule has 0 bridgehead atoms. The van der Waals surface area contributed by atoms with Crippen molar-refractivity contribution in [1.29, 1.82) is 0 Å². The van der Waals surface area contributed by atoms with Gasteiger partial charge in [-0.25, -0.2) is 0 Å². The van der Waals surface area contributed by atoms with Crippen molar-refractivity contribution in [3.8, 4) is 0 Å². The van der Waals surface area contributed by atoms with Crippen molar-refractivity contribution in [1.82, 2.24) is 0 Å². The zero-order valence-electron chi connectivity index (χ0n) is 45.0. The average Bonchev–Trinajstić information content (AvgIpc) is 3.27. The molecule has 0 aromatic carbocycles. The second-order valence-electron chi connectivity index (χ2n) is 18.0. The predicted octanol–water partition coefficient (Wildman–Crippen LogP) is 12.2. The van der Waals surface area contributed by atoms with Crippen molar-refractivity contribution < 1.29 is 77.8 Å². The van der Waals surface area contributed by atoms with E-state index in [1.165, 1.54) is 0 Å². The Labute approximate surface area is 433 Å². The molecule has 19 heteroatoms. The number of unbranched alkanes of at least 4 members (excludes halogenated alkanes) is 6. The molecule has 0 spiro atoms. The van der Waals surface area contributed by atoms with Crippen LogP contribution in [-0.4, -0.2) is 37.0 Å². The Hall–Kier alpha value is 1.83. The number of hydrogen-bond donors (Lipinski definition) is 0. The van der Waals surface area contributed by atoms with Crippen molar-refractivity contribution in [2.24, 2.45) is 35.5 Å². The first kappa shape index (κ1) is 82.8. The Morgan fingerprint density at radius 3 is 0.418 bits per heavy atom. The van der Waals surface area contributed by atoms with Crippen LogP contribution in [0.15, 0.2) is 0 Å². The Morgan fingerprint density at radius 1 is 0.254 bits per heavy atom. The minimum absolute atomic E-state index is 0. The zero-order valence-corrected chi connectivity index (χ0v) is 53.0. The summed E-state index contributed by atoms with van der Waals surface area (Å²) in [5, 5.41) is 0. The van der Waals surface area contributed by atoms with Crippen molar-refractivity contribution in [3.05, 3.63) is 0 Å². The maximum atomic E-state index is 10.4. The van der Waals surface area contributed by atoms with E-state index in [0.29, 0.717) is 72.5 Å². The summed E-state index contributed by atoms with van der Waals surface area (Å²) in [4.78, 5) is 62.4. The second-order valence-corrected chi connectivity index (χ2v) is 24.9. The molecule has 0 saturated heterocycles. The van der Waals surface area contributed by atoms with Crippen LogP contribution in [-0.2, 0) is 48.5 Å². The molecule has 12 atom stereocenters. The fourth-order valence-corrected chi connectivity index (χ4v) is 12.9. The van der Waals surface area contributed by atoms with Crippen LogP contribution in [0.2, 0.25) is 0 Å². The molecule has 0 aliphatic rings. The molecule has 12 nitrogen and oxygen atoms in total. The molecule has 0 fully saturated rings. The summed E-state index contributed by atoms with van der Waals surface area (Å²) >= 11 is 0. The summed E-state index contributed by atoms with van der Waals surface area (Å²) in [5.74, 6) is 2.49. The number of rotatable bonds is 36. The van der Waals surface area contributed by atoms with Gasteiger partial charge in [-0.1, -0.05) is 237 Å². The molecule has 0 rings (SSSR count). The van der Waals surface area contributed by atoms with E-state index < -0.39 is 48.2 Å². The number of hydrogen-bond acceptors (Lipinski definition) is 12. The molecule has 0 aliphatic carbocycles. The molecule has 0 N–H and O–H groups in total. The van der Waals surface area contributed by atoms with E-state index >= 15 is 0 Å². The van der Waals surface area contributed by atoms with E-state index in [-0.39, 0.29) is 21.1 Å². The van der Waals surface area contributed by atoms with E-state index in [0.717, 1.165) is 154 Å². The molecule has 0 saturated carbocycles. The molecule has 0 aliphatic heterocycles. The molecule has 0 heterocycles. The fourth-order valence-electron chi connectivity index (χ4n) is 7.07. The van der Waals surface area contributed by atoms with Crippen molar-refractivity contribution in [2.75, 3.05) is 37.0 Å². The van der Waals surface area contributed by atoms with Gasteiger partial charge in [0.25, 0.3) is 0 Å². The van der Waals surface area contributed by atoms with E-state index in [4.69, 9.17) is 0 Å². The summed E-state index contributed by atoms with van der Waals surface area (Å²) in [6, 6.07) is 0. The van der Waals surface area contributed by atoms with Crippen LogP contribution < -0.4 is 29.4 Å². The summed E-state index contributed by atoms with van der Waals surface area (Å²) in [6.07, 6.45) is 28.9. The SMILES string of the molecule is CCCCC(CC)C[PH](=O)[O-].CCCCC(CC)C[PH](=O)[O-].CCCCC(CC)C[PH](=O)[O-].CCCCC(CC)C[PH](=O)[O-].CCCCC(CC)C[PH](=O)[O-].CCCCC(CC)C[PH](=O)[O-].[Mo+6]. The molecule has 408 valence electrons. The topological polar surface area (TPSA) is 241 Å². The van der Waals surface area contributed by atoms with Crippen LogP contribution >= 0.6 is 48.2 Å². The molecule has 0 amide bonds. The van der Waals surface area contributed by atoms with Gasteiger partial charge in [0.05, 0.1) is 0 Å². The van der Waals surface area contributed by atoms with Crippen LogP contribution in [0.3, 0.4) is 0 Å². The van der Waals surface area contributed by atoms with Gasteiger partial charge in [0, 0.05) is 48.2 Å². The molecule has 0 radical (unpaired) electrons. The third-order valence-corrected chi connectivity index (χ3v) is 17.5. The van der Waals surface area contributed by atoms with Gasteiger partial charge in [0.1, 0.15) is 0 Å². The third-order valence-electron chi connectivity index (χ3n) is 12.0. The van der Waals surface area contributed by atoms with Gasteiger partial charge >= 0.3 is 21.1 Å². The maximum Gasteiger partial charge on any atom is 6.00 e. The molecule has 0 aromatic rings. The van der Waals surface area contributed by atoms with Gasteiger partial charge in [-0.2, -0.15) is 0 Å². The first-order valence-electron chi connectivity index (χ1n) is 26.4. The van der Waals surface area contributed by atoms with Gasteiger partial charge < -0.3 is 56.8 Å². The predicted molar refractivity (Wildman–Crippen MR) is 283 cm³/mol. The first-order chi connectivity index (χ1) is 31.2. The molecule has 67 heavy (non-hydrogen) atoms. The second kappa shape index (κ2) is 65.8. The summed E-state index contributed by atoms with van der Waals surface area (Å²) in [6.45, 7) is 25.2. The Bertz CT molecular complexity index is 913. The smallest absolute Gasteiger partial charge is 0.802 e. The minimum atomic E-state index is -2.48. The van der Waals surface area contributed by atoms with Crippen LogP contribution in [0, 0.1) is 35.5 Å². The van der Waals surface area contributed by atoms with Crippen molar-refractivity contribution in [2.45, 2.75) is 237 Å². The van der Waals surface area contributed by atoms with E-state index in [1.807, 2.05) is 0 Å². The van der Waals surface area contributed by atoms with Gasteiger partial charge in [-0.15, -0.1) is 0 Å². The minimum Gasteiger partial charge on any atom is -0.802 e. The monoisotopic (exact) mass is 1160 g/mol.